The molecule has 0 radical (unpaired) electrons. The number of hydrogen-bond donors (Lipinski definition) is 1. The van der Waals surface area contributed by atoms with Gasteiger partial charge in [-0.1, -0.05) is 23.7 Å². The summed E-state index contributed by atoms with van der Waals surface area (Å²) in [5.74, 6) is -0.00402. The van der Waals surface area contributed by atoms with Crippen molar-refractivity contribution in [2.45, 2.75) is 39.8 Å². The monoisotopic (exact) mass is 370 g/mol. The maximum absolute atomic E-state index is 12.3. The van der Waals surface area contributed by atoms with E-state index in [4.69, 9.17) is 11.6 Å². The van der Waals surface area contributed by atoms with Crippen LogP contribution in [0.25, 0.3) is 5.69 Å². The van der Waals surface area contributed by atoms with E-state index in [1.54, 1.807) is 4.68 Å². The van der Waals surface area contributed by atoms with Gasteiger partial charge in [0.25, 0.3) is 0 Å². The second-order valence-electron chi connectivity index (χ2n) is 6.43. The molecule has 1 unspecified atom stereocenters. The van der Waals surface area contributed by atoms with Gasteiger partial charge in [-0.2, -0.15) is 5.10 Å². The van der Waals surface area contributed by atoms with Crippen LogP contribution in [0.3, 0.4) is 0 Å². The Bertz CT molecular complexity index is 881. The minimum Gasteiger partial charge on any atom is -0.350 e. The molecule has 0 bridgehead atoms. The topological polar surface area (TPSA) is 51.9 Å². The molecule has 5 nitrogen and oxygen atoms in total. The van der Waals surface area contributed by atoms with E-state index in [-0.39, 0.29) is 11.9 Å². The molecular weight excluding hydrogens is 348 g/mol. The molecule has 0 fully saturated rings. The predicted octanol–water partition coefficient (Wildman–Crippen LogP) is 4.21. The molecule has 0 spiro atoms. The predicted molar refractivity (Wildman–Crippen MR) is 104 cm³/mol. The summed E-state index contributed by atoms with van der Waals surface area (Å²) in [5.41, 5.74) is 3.86. The molecule has 3 rings (SSSR count). The summed E-state index contributed by atoms with van der Waals surface area (Å²) in [5, 5.41) is 8.07. The Morgan fingerprint density at radius 3 is 2.42 bits per heavy atom. The van der Waals surface area contributed by atoms with Crippen molar-refractivity contribution in [3.05, 3.63) is 70.8 Å². The maximum atomic E-state index is 12.3. The van der Waals surface area contributed by atoms with Crippen molar-refractivity contribution in [2.75, 3.05) is 0 Å². The van der Waals surface area contributed by atoms with Gasteiger partial charge in [-0.05, 0) is 50.6 Å². The second kappa shape index (κ2) is 7.79. The van der Waals surface area contributed by atoms with Crippen LogP contribution in [-0.2, 0) is 11.3 Å². The van der Waals surface area contributed by atoms with Crippen molar-refractivity contribution in [2.24, 2.45) is 0 Å². The average molecular weight is 371 g/mol. The van der Waals surface area contributed by atoms with Crippen molar-refractivity contribution >= 4 is 17.5 Å². The molecule has 1 atom stereocenters. The summed E-state index contributed by atoms with van der Waals surface area (Å²) in [7, 11) is 0. The number of amides is 1. The Labute approximate surface area is 158 Å². The number of aromatic nitrogens is 3. The summed E-state index contributed by atoms with van der Waals surface area (Å²) in [6.07, 6.45) is 4.38. The van der Waals surface area contributed by atoms with Crippen LogP contribution in [0.2, 0.25) is 5.02 Å². The van der Waals surface area contributed by atoms with Gasteiger partial charge in [0.2, 0.25) is 5.91 Å². The number of nitrogens with one attached hydrogen (secondary N) is 1. The smallest absolute Gasteiger partial charge is 0.222 e. The van der Waals surface area contributed by atoms with Gasteiger partial charge in [0.1, 0.15) is 0 Å². The lowest BCUT2D eigenvalue weighted by Gasteiger charge is -2.15. The van der Waals surface area contributed by atoms with Gasteiger partial charge in [-0.3, -0.25) is 9.48 Å². The molecule has 0 saturated carbocycles. The first kappa shape index (κ1) is 18.3. The molecule has 1 N–H and O–H groups in total. The highest BCUT2D eigenvalue weighted by Crippen LogP contribution is 2.19. The molecule has 6 heteroatoms. The van der Waals surface area contributed by atoms with Gasteiger partial charge in [0.05, 0.1) is 29.0 Å². The highest BCUT2D eigenvalue weighted by molar-refractivity contribution is 6.31. The molecular formula is C20H23ClN4O. The van der Waals surface area contributed by atoms with Crippen molar-refractivity contribution < 1.29 is 4.79 Å². The Morgan fingerprint density at radius 2 is 1.85 bits per heavy atom. The molecule has 136 valence electrons. The van der Waals surface area contributed by atoms with Gasteiger partial charge >= 0.3 is 0 Å². The average Bonchev–Trinajstić information content (AvgIpc) is 3.25. The first-order valence-electron chi connectivity index (χ1n) is 8.68. The molecule has 0 aliphatic carbocycles. The van der Waals surface area contributed by atoms with E-state index in [9.17, 15) is 4.79 Å². The van der Waals surface area contributed by atoms with Gasteiger partial charge in [0, 0.05) is 24.5 Å². The quantitative estimate of drug-likeness (QED) is 0.706. The summed E-state index contributed by atoms with van der Waals surface area (Å²) < 4.78 is 3.83. The third-order valence-electron chi connectivity index (χ3n) is 4.52. The van der Waals surface area contributed by atoms with Crippen LogP contribution in [0.4, 0.5) is 0 Å². The van der Waals surface area contributed by atoms with Crippen LogP contribution in [0.15, 0.2) is 48.8 Å². The lowest BCUT2D eigenvalue weighted by atomic mass is 10.1. The minimum atomic E-state index is -0.0507. The Balaban J connectivity index is 1.56. The number of rotatable bonds is 6. The normalized spacial score (nSPS) is 12.2. The van der Waals surface area contributed by atoms with Crippen molar-refractivity contribution in [3.63, 3.8) is 0 Å². The van der Waals surface area contributed by atoms with Crippen molar-refractivity contribution in [1.82, 2.24) is 19.7 Å². The number of carbonyl (C=O) groups excluding carboxylic acids is 1. The first-order chi connectivity index (χ1) is 12.5. The standard InChI is InChI=1S/C20H23ClN4O/c1-14(17-6-8-18(9-7-17)24-11-4-5-12-24)22-19(26)10-13-25-16(3)20(21)15(2)23-25/h4-9,11-12,14H,10,13H2,1-3H3,(H,22,26). The first-order valence-corrected chi connectivity index (χ1v) is 9.05. The maximum Gasteiger partial charge on any atom is 0.222 e. The zero-order valence-electron chi connectivity index (χ0n) is 15.2. The molecule has 2 heterocycles. The highest BCUT2D eigenvalue weighted by Gasteiger charge is 2.13. The van der Waals surface area contributed by atoms with E-state index in [0.717, 1.165) is 22.6 Å². The summed E-state index contributed by atoms with van der Waals surface area (Å²) in [4.78, 5) is 12.3. The number of carbonyl (C=O) groups is 1. The lowest BCUT2D eigenvalue weighted by molar-refractivity contribution is -0.122. The van der Waals surface area contributed by atoms with E-state index in [2.05, 4.69) is 22.5 Å². The minimum absolute atomic E-state index is 0.00402. The number of halogens is 1. The van der Waals surface area contributed by atoms with Gasteiger partial charge in [-0.15, -0.1) is 0 Å². The lowest BCUT2D eigenvalue weighted by Crippen LogP contribution is -2.27. The van der Waals surface area contributed by atoms with E-state index in [0.29, 0.717) is 18.0 Å². The zero-order valence-corrected chi connectivity index (χ0v) is 16.0. The number of nitrogens with zero attached hydrogens (tertiary/aromatic N) is 3. The molecule has 0 aliphatic heterocycles. The fourth-order valence-corrected chi connectivity index (χ4v) is 3.07. The van der Waals surface area contributed by atoms with E-state index in [1.807, 2.05) is 62.0 Å². The van der Waals surface area contributed by atoms with Gasteiger partial charge in [0.15, 0.2) is 0 Å². The Hall–Kier alpha value is -2.53. The van der Waals surface area contributed by atoms with E-state index in [1.165, 1.54) is 0 Å². The molecule has 1 amide bonds. The molecule has 0 aliphatic rings. The van der Waals surface area contributed by atoms with Crippen LogP contribution >= 0.6 is 11.6 Å². The molecule has 26 heavy (non-hydrogen) atoms. The number of hydrogen-bond acceptors (Lipinski definition) is 2. The SMILES string of the molecule is Cc1nn(CCC(=O)NC(C)c2ccc(-n3cccc3)cc2)c(C)c1Cl. The Morgan fingerprint density at radius 1 is 1.19 bits per heavy atom. The zero-order chi connectivity index (χ0) is 18.7. The van der Waals surface area contributed by atoms with Crippen LogP contribution < -0.4 is 5.32 Å². The third-order valence-corrected chi connectivity index (χ3v) is 5.06. The van der Waals surface area contributed by atoms with Crippen molar-refractivity contribution in [3.8, 4) is 5.69 Å². The largest absolute Gasteiger partial charge is 0.350 e. The highest BCUT2D eigenvalue weighted by atomic mass is 35.5. The summed E-state index contributed by atoms with van der Waals surface area (Å²) >= 11 is 6.14. The third kappa shape index (κ3) is 3.99. The van der Waals surface area contributed by atoms with Crippen LogP contribution in [0.1, 0.15) is 36.3 Å². The summed E-state index contributed by atoms with van der Waals surface area (Å²) in [6, 6.07) is 12.1. The van der Waals surface area contributed by atoms with Crippen LogP contribution in [0, 0.1) is 13.8 Å². The molecule has 3 aromatic rings. The fourth-order valence-electron chi connectivity index (χ4n) is 2.94. The van der Waals surface area contributed by atoms with Crippen molar-refractivity contribution in [1.29, 1.82) is 0 Å². The van der Waals surface area contributed by atoms with Gasteiger partial charge < -0.3 is 9.88 Å². The Kier molecular flexibility index (Phi) is 5.47. The molecule has 2 aromatic heterocycles. The number of aryl methyl sites for hydroxylation is 2. The molecule has 0 saturated heterocycles. The molecule has 1 aromatic carbocycles. The number of benzene rings is 1. The fraction of sp³-hybridized carbons (Fsp3) is 0.300. The van der Waals surface area contributed by atoms with Crippen LogP contribution in [0.5, 0.6) is 0 Å². The van der Waals surface area contributed by atoms with Crippen LogP contribution in [-0.4, -0.2) is 20.3 Å². The summed E-state index contributed by atoms with van der Waals surface area (Å²) in [6.45, 7) is 6.29. The van der Waals surface area contributed by atoms with E-state index < -0.39 is 0 Å². The second-order valence-corrected chi connectivity index (χ2v) is 6.81. The van der Waals surface area contributed by atoms with Gasteiger partial charge in [-0.25, -0.2) is 0 Å². The van der Waals surface area contributed by atoms with E-state index >= 15 is 0 Å².